The van der Waals surface area contributed by atoms with Gasteiger partial charge >= 0.3 is 12.1 Å². The smallest absolute Gasteiger partial charge is 0.401 e. The lowest BCUT2D eigenvalue weighted by Gasteiger charge is -2.33. The second kappa shape index (κ2) is 5.28. The van der Waals surface area contributed by atoms with Crippen molar-refractivity contribution in [3.8, 4) is 0 Å². The average Bonchev–Trinajstić information content (AvgIpc) is 2.69. The first-order valence-corrected chi connectivity index (χ1v) is 7.57. The molecule has 0 radical (unpaired) electrons. The third kappa shape index (κ3) is 3.59. The van der Waals surface area contributed by atoms with E-state index in [1.807, 2.05) is 0 Å². The Morgan fingerprint density at radius 3 is 2.47 bits per heavy atom. The Balaban J connectivity index is 3.09. The summed E-state index contributed by atoms with van der Waals surface area (Å²) in [4.78, 5) is 11.8. The zero-order chi connectivity index (χ0) is 14.9. The van der Waals surface area contributed by atoms with E-state index in [0.717, 1.165) is 13.4 Å². The van der Waals surface area contributed by atoms with E-state index >= 15 is 0 Å². The highest BCUT2D eigenvalue weighted by molar-refractivity contribution is 7.91. The van der Waals surface area contributed by atoms with Crippen LogP contribution in [0.15, 0.2) is 0 Å². The minimum absolute atomic E-state index is 0.00743. The number of rotatable bonds is 4. The molecule has 1 aliphatic carbocycles. The van der Waals surface area contributed by atoms with Crippen molar-refractivity contribution in [1.82, 2.24) is 5.32 Å². The van der Waals surface area contributed by atoms with E-state index in [4.69, 9.17) is 0 Å². The molecule has 0 bridgehead atoms. The van der Waals surface area contributed by atoms with Crippen LogP contribution in [0.3, 0.4) is 0 Å². The minimum Gasteiger partial charge on any atom is -0.468 e. The fourth-order valence-electron chi connectivity index (χ4n) is 2.50. The molecule has 19 heavy (non-hydrogen) atoms. The Morgan fingerprint density at radius 1 is 1.47 bits per heavy atom. The molecular weight excluding hydrogens is 287 g/mol. The van der Waals surface area contributed by atoms with Crippen LogP contribution in [0, 0.1) is 0 Å². The molecule has 1 aliphatic rings. The van der Waals surface area contributed by atoms with Crippen LogP contribution in [-0.4, -0.2) is 51.3 Å². The van der Waals surface area contributed by atoms with E-state index < -0.39 is 39.3 Å². The van der Waals surface area contributed by atoms with Crippen molar-refractivity contribution in [2.75, 3.05) is 19.9 Å². The number of hydrogen-bond donors (Lipinski definition) is 1. The van der Waals surface area contributed by atoms with Crippen molar-refractivity contribution < 1.29 is 31.1 Å². The molecule has 1 saturated carbocycles. The SMILES string of the molecule is COC(=O)C1(NCC(F)(F)F)CCCC1S(C)(=O)=O. The molecule has 0 aromatic carbocycles. The van der Waals surface area contributed by atoms with Gasteiger partial charge in [-0.1, -0.05) is 0 Å². The van der Waals surface area contributed by atoms with Gasteiger partial charge in [-0.05, 0) is 19.3 Å². The monoisotopic (exact) mass is 303 g/mol. The van der Waals surface area contributed by atoms with Crippen LogP contribution >= 0.6 is 0 Å². The van der Waals surface area contributed by atoms with Crippen LogP contribution in [0.5, 0.6) is 0 Å². The predicted molar refractivity (Wildman–Crippen MR) is 61.3 cm³/mol. The number of alkyl halides is 3. The summed E-state index contributed by atoms with van der Waals surface area (Å²) in [6.07, 6.45) is -3.13. The van der Waals surface area contributed by atoms with Gasteiger partial charge in [0.25, 0.3) is 0 Å². The van der Waals surface area contributed by atoms with E-state index in [1.165, 1.54) is 0 Å². The van der Waals surface area contributed by atoms with Gasteiger partial charge in [-0.25, -0.2) is 8.42 Å². The number of esters is 1. The second-order valence-corrected chi connectivity index (χ2v) is 6.87. The van der Waals surface area contributed by atoms with Gasteiger partial charge in [0.05, 0.1) is 18.9 Å². The summed E-state index contributed by atoms with van der Waals surface area (Å²) in [5.41, 5.74) is -1.81. The summed E-state index contributed by atoms with van der Waals surface area (Å²) in [7, 11) is -2.64. The maximum Gasteiger partial charge on any atom is 0.401 e. The van der Waals surface area contributed by atoms with Crippen molar-refractivity contribution in [2.24, 2.45) is 0 Å². The standard InChI is InChI=1S/C10H16F3NO4S/c1-18-8(15)9(14-6-10(11,12)13)5-3-4-7(9)19(2,16)17/h7,14H,3-6H2,1-2H3. The molecule has 0 aliphatic heterocycles. The number of ether oxygens (including phenoxy) is 1. The molecule has 5 nitrogen and oxygen atoms in total. The molecular formula is C10H16F3NO4S. The van der Waals surface area contributed by atoms with Gasteiger partial charge in [-0.15, -0.1) is 0 Å². The number of nitrogens with one attached hydrogen (secondary N) is 1. The summed E-state index contributed by atoms with van der Waals surface area (Å²) < 4.78 is 64.7. The molecule has 0 saturated heterocycles. The molecule has 9 heteroatoms. The Labute approximate surface area is 109 Å². The zero-order valence-corrected chi connectivity index (χ0v) is 11.4. The zero-order valence-electron chi connectivity index (χ0n) is 10.6. The summed E-state index contributed by atoms with van der Waals surface area (Å²) in [6.45, 7) is -1.44. The maximum atomic E-state index is 12.3. The first kappa shape index (κ1) is 16.2. The summed E-state index contributed by atoms with van der Waals surface area (Å²) in [5.74, 6) is -0.968. The number of carbonyl (C=O) groups is 1. The molecule has 2 atom stereocenters. The molecule has 1 N–H and O–H groups in total. The third-order valence-corrected chi connectivity index (χ3v) is 4.93. The average molecular weight is 303 g/mol. The molecule has 0 spiro atoms. The topological polar surface area (TPSA) is 72.5 Å². The lowest BCUT2D eigenvalue weighted by atomic mass is 9.97. The van der Waals surface area contributed by atoms with Crippen molar-refractivity contribution in [3.63, 3.8) is 0 Å². The third-order valence-electron chi connectivity index (χ3n) is 3.26. The quantitative estimate of drug-likeness (QED) is 0.772. The van der Waals surface area contributed by atoms with Crippen molar-refractivity contribution >= 4 is 15.8 Å². The first-order chi connectivity index (χ1) is 8.53. The largest absolute Gasteiger partial charge is 0.468 e. The summed E-state index contributed by atoms with van der Waals surface area (Å²) in [5, 5.41) is 0.864. The number of carbonyl (C=O) groups excluding carboxylic acids is 1. The van der Waals surface area contributed by atoms with Crippen molar-refractivity contribution in [3.05, 3.63) is 0 Å². The van der Waals surface area contributed by atoms with E-state index in [1.54, 1.807) is 0 Å². The fourth-order valence-corrected chi connectivity index (χ4v) is 4.12. The second-order valence-electron chi connectivity index (χ2n) is 4.64. The lowest BCUT2D eigenvalue weighted by molar-refractivity contribution is -0.153. The van der Waals surface area contributed by atoms with Crippen LogP contribution in [0.1, 0.15) is 19.3 Å². The van der Waals surface area contributed by atoms with Crippen LogP contribution in [0.4, 0.5) is 13.2 Å². The maximum absolute atomic E-state index is 12.3. The number of methoxy groups -OCH3 is 1. The highest BCUT2D eigenvalue weighted by Gasteiger charge is 2.55. The van der Waals surface area contributed by atoms with Gasteiger partial charge in [-0.3, -0.25) is 10.1 Å². The molecule has 0 heterocycles. The number of hydrogen-bond acceptors (Lipinski definition) is 5. The normalized spacial score (nSPS) is 28.4. The highest BCUT2D eigenvalue weighted by atomic mass is 32.2. The Kier molecular flexibility index (Phi) is 4.51. The van der Waals surface area contributed by atoms with Gasteiger partial charge in [0.1, 0.15) is 5.54 Å². The van der Waals surface area contributed by atoms with Crippen LogP contribution < -0.4 is 5.32 Å². The fraction of sp³-hybridized carbons (Fsp3) is 0.900. The van der Waals surface area contributed by atoms with Gasteiger partial charge < -0.3 is 4.74 Å². The Morgan fingerprint density at radius 2 is 2.05 bits per heavy atom. The van der Waals surface area contributed by atoms with E-state index in [9.17, 15) is 26.4 Å². The molecule has 1 fully saturated rings. The molecule has 2 unspecified atom stereocenters. The molecule has 1 rings (SSSR count). The van der Waals surface area contributed by atoms with Gasteiger partial charge in [0.15, 0.2) is 9.84 Å². The first-order valence-electron chi connectivity index (χ1n) is 5.62. The van der Waals surface area contributed by atoms with Crippen LogP contribution in [-0.2, 0) is 19.4 Å². The number of sulfone groups is 1. The molecule has 0 aromatic heterocycles. The van der Waals surface area contributed by atoms with Crippen LogP contribution in [0.2, 0.25) is 0 Å². The molecule has 112 valence electrons. The number of halogens is 3. The summed E-state index contributed by atoms with van der Waals surface area (Å²) in [6, 6.07) is 0. The van der Waals surface area contributed by atoms with E-state index in [-0.39, 0.29) is 12.8 Å². The summed E-state index contributed by atoms with van der Waals surface area (Å²) >= 11 is 0. The molecule has 0 aromatic rings. The van der Waals surface area contributed by atoms with E-state index in [0.29, 0.717) is 6.42 Å². The van der Waals surface area contributed by atoms with Crippen LogP contribution in [0.25, 0.3) is 0 Å². The van der Waals surface area contributed by atoms with Gasteiger partial charge in [-0.2, -0.15) is 13.2 Å². The van der Waals surface area contributed by atoms with Crippen molar-refractivity contribution in [2.45, 2.75) is 36.2 Å². The van der Waals surface area contributed by atoms with Crippen molar-refractivity contribution in [1.29, 1.82) is 0 Å². The lowest BCUT2D eigenvalue weighted by Crippen LogP contribution is -2.61. The van der Waals surface area contributed by atoms with Gasteiger partial charge in [0, 0.05) is 6.26 Å². The highest BCUT2D eigenvalue weighted by Crippen LogP contribution is 2.36. The Hall–Kier alpha value is -0.830. The molecule has 0 amide bonds. The Bertz CT molecular complexity index is 448. The van der Waals surface area contributed by atoms with E-state index in [2.05, 4.69) is 10.1 Å². The minimum atomic E-state index is -4.54. The van der Waals surface area contributed by atoms with Gasteiger partial charge in [0.2, 0.25) is 0 Å². The predicted octanol–water partition coefficient (Wildman–Crippen LogP) is 0.647.